The zero-order chi connectivity index (χ0) is 18.8. The molecule has 0 atom stereocenters. The van der Waals surface area contributed by atoms with E-state index in [4.69, 9.17) is 10.2 Å². The number of anilines is 1. The van der Waals surface area contributed by atoms with Gasteiger partial charge in [-0.15, -0.1) is 21.5 Å². The van der Waals surface area contributed by atoms with Crippen LogP contribution in [0.4, 0.5) is 5.00 Å². The number of aryl methyl sites for hydroxylation is 1. The predicted molar refractivity (Wildman–Crippen MR) is 104 cm³/mol. The van der Waals surface area contributed by atoms with Crippen LogP contribution >= 0.6 is 23.1 Å². The summed E-state index contributed by atoms with van der Waals surface area (Å²) in [6.45, 7) is 0. The van der Waals surface area contributed by atoms with E-state index in [0.29, 0.717) is 21.7 Å². The van der Waals surface area contributed by atoms with Gasteiger partial charge in [0.05, 0.1) is 11.3 Å². The number of benzene rings is 1. The Morgan fingerprint density at radius 1 is 1.22 bits per heavy atom. The molecule has 138 valence electrons. The first-order chi connectivity index (χ1) is 13.1. The summed E-state index contributed by atoms with van der Waals surface area (Å²) in [5, 5.41) is 11.6. The lowest BCUT2D eigenvalue weighted by Crippen LogP contribution is -2.18. The van der Waals surface area contributed by atoms with Gasteiger partial charge in [-0.25, -0.2) is 0 Å². The second kappa shape index (κ2) is 7.53. The molecule has 4 rings (SSSR count). The van der Waals surface area contributed by atoms with Gasteiger partial charge in [0.1, 0.15) is 5.00 Å². The number of carbonyl (C=O) groups excluding carboxylic acids is 2. The van der Waals surface area contributed by atoms with Crippen molar-refractivity contribution in [3.8, 4) is 11.5 Å². The molecule has 0 unspecified atom stereocenters. The molecule has 1 aliphatic carbocycles. The maximum atomic E-state index is 12.3. The molecule has 3 N–H and O–H groups in total. The van der Waals surface area contributed by atoms with Gasteiger partial charge in [0, 0.05) is 10.4 Å². The Morgan fingerprint density at radius 2 is 2.04 bits per heavy atom. The largest absolute Gasteiger partial charge is 0.411 e. The number of nitrogens with two attached hydrogens (primary N) is 1. The zero-order valence-electron chi connectivity index (χ0n) is 14.2. The summed E-state index contributed by atoms with van der Waals surface area (Å²) in [5.41, 5.74) is 7.77. The highest BCUT2D eigenvalue weighted by atomic mass is 32.2. The van der Waals surface area contributed by atoms with Crippen molar-refractivity contribution in [2.75, 3.05) is 11.1 Å². The maximum absolute atomic E-state index is 12.3. The lowest BCUT2D eigenvalue weighted by molar-refractivity contribution is -0.113. The highest BCUT2D eigenvalue weighted by Crippen LogP contribution is 2.38. The van der Waals surface area contributed by atoms with E-state index in [0.717, 1.165) is 47.0 Å². The Labute approximate surface area is 163 Å². The summed E-state index contributed by atoms with van der Waals surface area (Å²) >= 11 is 2.58. The van der Waals surface area contributed by atoms with Gasteiger partial charge in [-0.05, 0) is 37.0 Å². The number of nitrogens with one attached hydrogen (secondary N) is 1. The third kappa shape index (κ3) is 3.74. The first kappa shape index (κ1) is 17.7. The molecule has 1 aliphatic rings. The second-order valence-electron chi connectivity index (χ2n) is 6.00. The van der Waals surface area contributed by atoms with Crippen molar-refractivity contribution in [3.63, 3.8) is 0 Å². The topological polar surface area (TPSA) is 111 Å². The average Bonchev–Trinajstić information content (AvgIpc) is 3.36. The van der Waals surface area contributed by atoms with Crippen LogP contribution in [0, 0.1) is 0 Å². The summed E-state index contributed by atoms with van der Waals surface area (Å²) in [7, 11) is 0. The number of nitrogens with zero attached hydrogens (tertiary/aromatic N) is 2. The molecule has 0 fully saturated rings. The van der Waals surface area contributed by atoms with Crippen LogP contribution in [0.5, 0.6) is 0 Å². The van der Waals surface area contributed by atoms with Crippen LogP contribution in [0.15, 0.2) is 40.0 Å². The summed E-state index contributed by atoms with van der Waals surface area (Å²) in [5.74, 6) is -0.246. The highest BCUT2D eigenvalue weighted by molar-refractivity contribution is 7.99. The van der Waals surface area contributed by atoms with Gasteiger partial charge in [-0.1, -0.05) is 30.0 Å². The maximum Gasteiger partial charge on any atom is 0.277 e. The minimum atomic E-state index is -0.498. The SMILES string of the molecule is NC(=O)c1c(NC(=O)CSc2nnc(-c3ccccc3)o2)sc2c1CCC2. The van der Waals surface area contributed by atoms with Crippen LogP contribution < -0.4 is 11.1 Å². The molecule has 2 aromatic heterocycles. The van der Waals surface area contributed by atoms with E-state index in [1.807, 2.05) is 30.3 Å². The summed E-state index contributed by atoms with van der Waals surface area (Å²) < 4.78 is 5.57. The lowest BCUT2D eigenvalue weighted by atomic mass is 10.1. The summed E-state index contributed by atoms with van der Waals surface area (Å²) in [6, 6.07) is 9.41. The van der Waals surface area contributed by atoms with Gasteiger partial charge in [-0.2, -0.15) is 0 Å². The standard InChI is InChI=1S/C18H16N4O3S2/c19-15(24)14-11-7-4-8-12(11)27-17(14)20-13(23)9-26-18-22-21-16(25-18)10-5-2-1-3-6-10/h1-3,5-6H,4,7-9H2,(H2,19,24)(H,20,23). The van der Waals surface area contributed by atoms with Crippen molar-refractivity contribution in [2.24, 2.45) is 5.73 Å². The Balaban J connectivity index is 1.40. The molecule has 0 aliphatic heterocycles. The predicted octanol–water partition coefficient (Wildman–Crippen LogP) is 3.12. The Hall–Kier alpha value is -2.65. The van der Waals surface area contributed by atoms with E-state index in [2.05, 4.69) is 15.5 Å². The molecular weight excluding hydrogens is 384 g/mol. The molecule has 0 saturated carbocycles. The second-order valence-corrected chi connectivity index (χ2v) is 8.03. The molecule has 2 amide bonds. The van der Waals surface area contributed by atoms with E-state index in [1.54, 1.807) is 0 Å². The zero-order valence-corrected chi connectivity index (χ0v) is 15.9. The van der Waals surface area contributed by atoms with Crippen molar-refractivity contribution < 1.29 is 14.0 Å². The van der Waals surface area contributed by atoms with Gasteiger partial charge < -0.3 is 15.5 Å². The van der Waals surface area contributed by atoms with Gasteiger partial charge in [0.25, 0.3) is 11.1 Å². The first-order valence-corrected chi connectivity index (χ1v) is 10.2. The minimum Gasteiger partial charge on any atom is -0.411 e. The van der Waals surface area contributed by atoms with Crippen molar-refractivity contribution in [3.05, 3.63) is 46.3 Å². The van der Waals surface area contributed by atoms with Gasteiger partial charge in [-0.3, -0.25) is 9.59 Å². The molecule has 0 bridgehead atoms. The third-order valence-electron chi connectivity index (χ3n) is 4.17. The van der Waals surface area contributed by atoms with Gasteiger partial charge in [0.15, 0.2) is 0 Å². The normalized spacial score (nSPS) is 12.7. The van der Waals surface area contributed by atoms with E-state index in [9.17, 15) is 9.59 Å². The van der Waals surface area contributed by atoms with Crippen LogP contribution in [0.25, 0.3) is 11.5 Å². The third-order valence-corrected chi connectivity index (χ3v) is 6.20. The molecule has 3 aromatic rings. The number of carbonyl (C=O) groups is 2. The summed E-state index contributed by atoms with van der Waals surface area (Å²) in [6.07, 6.45) is 2.78. The van der Waals surface area contributed by atoms with Crippen molar-refractivity contribution in [2.45, 2.75) is 24.5 Å². The number of primary amides is 1. The Bertz CT molecular complexity index is 997. The highest BCUT2D eigenvalue weighted by Gasteiger charge is 2.26. The Morgan fingerprint density at radius 3 is 2.81 bits per heavy atom. The molecule has 0 spiro atoms. The van der Waals surface area contributed by atoms with E-state index in [1.165, 1.54) is 11.3 Å². The summed E-state index contributed by atoms with van der Waals surface area (Å²) in [4.78, 5) is 25.2. The number of thioether (sulfide) groups is 1. The number of fused-ring (bicyclic) bond motifs is 1. The number of rotatable bonds is 6. The van der Waals surface area contributed by atoms with Gasteiger partial charge >= 0.3 is 0 Å². The van der Waals surface area contributed by atoms with Crippen molar-refractivity contribution in [1.29, 1.82) is 0 Å². The molecule has 0 radical (unpaired) electrons. The number of hydrogen-bond donors (Lipinski definition) is 2. The van der Waals surface area contributed by atoms with Crippen LogP contribution in [0.2, 0.25) is 0 Å². The quantitative estimate of drug-likeness (QED) is 0.615. The fraction of sp³-hybridized carbons (Fsp3) is 0.222. The molecular formula is C18H16N4O3S2. The smallest absolute Gasteiger partial charge is 0.277 e. The number of thiophene rings is 1. The van der Waals surface area contributed by atoms with Crippen LogP contribution in [-0.2, 0) is 17.6 Å². The van der Waals surface area contributed by atoms with Crippen LogP contribution in [0.3, 0.4) is 0 Å². The van der Waals surface area contributed by atoms with E-state index in [-0.39, 0.29) is 11.7 Å². The lowest BCUT2D eigenvalue weighted by Gasteiger charge is -2.04. The average molecular weight is 400 g/mol. The van der Waals surface area contributed by atoms with Gasteiger partial charge in [0.2, 0.25) is 11.8 Å². The molecule has 9 heteroatoms. The van der Waals surface area contributed by atoms with Crippen LogP contribution in [0.1, 0.15) is 27.2 Å². The molecule has 2 heterocycles. The molecule has 0 saturated heterocycles. The first-order valence-electron chi connectivity index (χ1n) is 8.37. The number of amides is 2. The molecule has 27 heavy (non-hydrogen) atoms. The van der Waals surface area contributed by atoms with Crippen molar-refractivity contribution in [1.82, 2.24) is 10.2 Å². The fourth-order valence-electron chi connectivity index (χ4n) is 3.01. The minimum absolute atomic E-state index is 0.0944. The van der Waals surface area contributed by atoms with Crippen molar-refractivity contribution >= 4 is 39.9 Å². The monoisotopic (exact) mass is 400 g/mol. The van der Waals surface area contributed by atoms with E-state index < -0.39 is 5.91 Å². The Kier molecular flexibility index (Phi) is 4.95. The molecule has 7 nitrogen and oxygen atoms in total. The fourth-order valence-corrected chi connectivity index (χ4v) is 4.88. The van der Waals surface area contributed by atoms with Crippen LogP contribution in [-0.4, -0.2) is 27.8 Å². The van der Waals surface area contributed by atoms with E-state index >= 15 is 0 Å². The molecule has 1 aromatic carbocycles. The number of hydrogen-bond acceptors (Lipinski definition) is 7. The number of aromatic nitrogens is 2.